The van der Waals surface area contributed by atoms with Crippen LogP contribution in [0.3, 0.4) is 0 Å². The van der Waals surface area contributed by atoms with Crippen LogP contribution in [-0.2, 0) is 16.1 Å². The van der Waals surface area contributed by atoms with E-state index in [-0.39, 0.29) is 24.7 Å². The molecule has 4 heteroatoms. The quantitative estimate of drug-likeness (QED) is 0.925. The first-order valence-electron chi connectivity index (χ1n) is 8.62. The molecule has 2 aromatic carbocycles. The highest BCUT2D eigenvalue weighted by Gasteiger charge is 2.43. The topological polar surface area (TPSA) is 41.6 Å². The molecule has 3 aliphatic rings. The minimum absolute atomic E-state index is 0.00516. The van der Waals surface area contributed by atoms with Crippen LogP contribution >= 0.6 is 0 Å². The van der Waals surface area contributed by atoms with Gasteiger partial charge in [0.05, 0.1) is 6.04 Å². The van der Waals surface area contributed by atoms with Crippen LogP contribution in [0.1, 0.15) is 35.1 Å². The first-order valence-corrected chi connectivity index (χ1v) is 8.62. The van der Waals surface area contributed by atoms with Gasteiger partial charge in [-0.25, -0.2) is 0 Å². The normalized spacial score (nSPS) is 27.4. The van der Waals surface area contributed by atoms with Crippen molar-refractivity contribution in [2.75, 3.05) is 18.1 Å². The number of anilines is 1. The Morgan fingerprint density at radius 1 is 1.12 bits per heavy atom. The van der Waals surface area contributed by atoms with Crippen LogP contribution in [0.5, 0.6) is 0 Å². The summed E-state index contributed by atoms with van der Waals surface area (Å²) in [7, 11) is 0. The second-order valence-corrected chi connectivity index (χ2v) is 6.98. The van der Waals surface area contributed by atoms with Gasteiger partial charge in [-0.3, -0.25) is 4.79 Å². The molecular weight excluding hydrogens is 300 g/mol. The van der Waals surface area contributed by atoms with Gasteiger partial charge < -0.3 is 15.0 Å². The van der Waals surface area contributed by atoms with E-state index < -0.39 is 0 Å². The van der Waals surface area contributed by atoms with Crippen molar-refractivity contribution in [1.29, 1.82) is 0 Å². The first kappa shape index (κ1) is 14.1. The summed E-state index contributed by atoms with van der Waals surface area (Å²) in [6.45, 7) is 2.11. The maximum Gasteiger partial charge on any atom is 0.246 e. The number of nitrogens with zero attached hydrogens (tertiary/aromatic N) is 1. The highest BCUT2D eigenvalue weighted by atomic mass is 16.5. The predicted molar refractivity (Wildman–Crippen MR) is 91.9 cm³/mol. The molecule has 1 aliphatic carbocycles. The summed E-state index contributed by atoms with van der Waals surface area (Å²) in [5.41, 5.74) is 5.37. The third kappa shape index (κ3) is 2.13. The number of benzene rings is 2. The second-order valence-electron chi connectivity index (χ2n) is 6.98. The molecule has 1 fully saturated rings. The molecule has 0 aromatic heterocycles. The zero-order valence-corrected chi connectivity index (χ0v) is 13.4. The summed E-state index contributed by atoms with van der Waals surface area (Å²) in [5, 5.41) is 3.13. The molecule has 122 valence electrons. The van der Waals surface area contributed by atoms with E-state index in [1.807, 2.05) is 0 Å². The average Bonchev–Trinajstić information content (AvgIpc) is 2.94. The van der Waals surface area contributed by atoms with E-state index in [2.05, 4.69) is 58.7 Å². The van der Waals surface area contributed by atoms with Crippen molar-refractivity contribution in [2.45, 2.75) is 31.0 Å². The maximum absolute atomic E-state index is 11.7. The van der Waals surface area contributed by atoms with E-state index in [4.69, 9.17) is 4.74 Å². The maximum atomic E-state index is 11.7. The number of carbonyl (C=O) groups is 1. The Labute approximate surface area is 141 Å². The van der Waals surface area contributed by atoms with Crippen molar-refractivity contribution < 1.29 is 9.53 Å². The van der Waals surface area contributed by atoms with Gasteiger partial charge in [-0.2, -0.15) is 0 Å². The number of hydrogen-bond donors (Lipinski definition) is 1. The zero-order chi connectivity index (χ0) is 16.1. The van der Waals surface area contributed by atoms with Gasteiger partial charge in [-0.1, -0.05) is 42.5 Å². The third-order valence-corrected chi connectivity index (χ3v) is 5.47. The Bertz CT molecular complexity index is 789. The number of fused-ring (bicyclic) bond motifs is 2. The minimum Gasteiger partial charge on any atom is -0.366 e. The summed E-state index contributed by atoms with van der Waals surface area (Å²) in [6.07, 6.45) is 0.969. The van der Waals surface area contributed by atoms with Crippen LogP contribution in [0, 0.1) is 0 Å². The summed E-state index contributed by atoms with van der Waals surface area (Å²) >= 11 is 0. The highest BCUT2D eigenvalue weighted by Crippen LogP contribution is 2.49. The Kier molecular flexibility index (Phi) is 3.13. The van der Waals surface area contributed by atoms with E-state index in [1.54, 1.807) is 0 Å². The van der Waals surface area contributed by atoms with Crippen molar-refractivity contribution >= 4 is 11.6 Å². The fourth-order valence-electron chi connectivity index (χ4n) is 4.54. The number of carbonyl (C=O) groups excluding carboxylic acids is 1. The van der Waals surface area contributed by atoms with Crippen LogP contribution in [0.4, 0.5) is 5.69 Å². The molecule has 0 radical (unpaired) electrons. The Balaban J connectivity index is 1.51. The molecular formula is C20H20N2O2. The zero-order valence-electron chi connectivity index (χ0n) is 13.4. The molecule has 1 saturated heterocycles. The van der Waals surface area contributed by atoms with Gasteiger partial charge in [-0.15, -0.1) is 0 Å². The molecule has 2 aliphatic heterocycles. The summed E-state index contributed by atoms with van der Waals surface area (Å²) < 4.78 is 5.87. The van der Waals surface area contributed by atoms with E-state index in [1.165, 1.54) is 22.4 Å². The summed E-state index contributed by atoms with van der Waals surface area (Å²) in [4.78, 5) is 14.2. The van der Waals surface area contributed by atoms with Crippen LogP contribution < -0.4 is 10.2 Å². The fourth-order valence-corrected chi connectivity index (χ4v) is 4.54. The lowest BCUT2D eigenvalue weighted by molar-refractivity contribution is -0.138. The van der Waals surface area contributed by atoms with Gasteiger partial charge in [0.1, 0.15) is 12.7 Å². The highest BCUT2D eigenvalue weighted by molar-refractivity contribution is 5.79. The number of ether oxygens (including phenoxy) is 1. The number of rotatable bonds is 2. The van der Waals surface area contributed by atoms with Crippen LogP contribution in [-0.4, -0.2) is 25.1 Å². The van der Waals surface area contributed by atoms with Crippen molar-refractivity contribution in [3.8, 4) is 0 Å². The lowest BCUT2D eigenvalue weighted by Crippen LogP contribution is -2.50. The van der Waals surface area contributed by atoms with E-state index >= 15 is 0 Å². The second kappa shape index (κ2) is 5.35. The first-order chi connectivity index (χ1) is 11.8. The van der Waals surface area contributed by atoms with Gasteiger partial charge in [0.15, 0.2) is 0 Å². The summed E-state index contributed by atoms with van der Waals surface area (Å²) in [5.74, 6) is 0.484. The lowest BCUT2D eigenvalue weighted by atomic mass is 9.79. The molecule has 3 atom stereocenters. The van der Waals surface area contributed by atoms with Crippen LogP contribution in [0.15, 0.2) is 48.5 Å². The average molecular weight is 320 g/mol. The molecule has 0 saturated carbocycles. The Morgan fingerprint density at radius 3 is 2.88 bits per heavy atom. The predicted octanol–water partition coefficient (Wildman–Crippen LogP) is 2.75. The van der Waals surface area contributed by atoms with Gasteiger partial charge in [0.2, 0.25) is 5.91 Å². The molecule has 0 bridgehead atoms. The molecule has 1 amide bonds. The van der Waals surface area contributed by atoms with Crippen molar-refractivity contribution in [3.63, 3.8) is 0 Å². The largest absolute Gasteiger partial charge is 0.366 e. The molecule has 24 heavy (non-hydrogen) atoms. The van der Waals surface area contributed by atoms with Crippen molar-refractivity contribution in [1.82, 2.24) is 5.32 Å². The van der Waals surface area contributed by atoms with E-state index in [0.29, 0.717) is 5.92 Å². The van der Waals surface area contributed by atoms with Gasteiger partial charge in [0.25, 0.3) is 0 Å². The number of nitrogens with one attached hydrogen (secondary N) is 1. The van der Waals surface area contributed by atoms with Crippen LogP contribution in [0.2, 0.25) is 0 Å². The lowest BCUT2D eigenvalue weighted by Gasteiger charge is -2.39. The molecule has 4 nitrogen and oxygen atoms in total. The number of amides is 1. The summed E-state index contributed by atoms with van der Waals surface area (Å²) in [6, 6.07) is 17.2. The molecule has 1 N–H and O–H groups in total. The smallest absolute Gasteiger partial charge is 0.246 e. The number of hydrogen-bond acceptors (Lipinski definition) is 3. The molecule has 0 spiro atoms. The van der Waals surface area contributed by atoms with Crippen molar-refractivity contribution in [2.24, 2.45) is 0 Å². The van der Waals surface area contributed by atoms with Gasteiger partial charge in [0, 0.05) is 24.7 Å². The fraction of sp³-hybridized carbons (Fsp3) is 0.350. The molecule has 5 rings (SSSR count). The van der Waals surface area contributed by atoms with Crippen molar-refractivity contribution in [3.05, 3.63) is 65.2 Å². The third-order valence-electron chi connectivity index (χ3n) is 5.47. The minimum atomic E-state index is 0.00516. The van der Waals surface area contributed by atoms with E-state index in [0.717, 1.165) is 19.5 Å². The Hall–Kier alpha value is -2.33. The SMILES string of the molecule is O=C1COC2c3cccc4c3C(CC2N1)CN4Cc1ccccc1. The van der Waals surface area contributed by atoms with Crippen LogP contribution in [0.25, 0.3) is 0 Å². The van der Waals surface area contributed by atoms with E-state index in [9.17, 15) is 4.79 Å². The number of morpholine rings is 1. The monoisotopic (exact) mass is 320 g/mol. The van der Waals surface area contributed by atoms with Gasteiger partial charge >= 0.3 is 0 Å². The van der Waals surface area contributed by atoms with Gasteiger partial charge in [-0.05, 0) is 29.2 Å². The molecule has 2 heterocycles. The standard InChI is InChI=1S/C20H20N2O2/c23-18-12-24-20-15-7-4-8-17-19(15)14(9-16(20)21-18)11-22(17)10-13-5-2-1-3-6-13/h1-8,14,16,20H,9-12H2,(H,21,23). The molecule has 2 aromatic rings. The molecule has 3 unspecified atom stereocenters. The Morgan fingerprint density at radius 2 is 2.00 bits per heavy atom.